The van der Waals surface area contributed by atoms with Crippen molar-refractivity contribution < 1.29 is 32.3 Å². The van der Waals surface area contributed by atoms with Crippen molar-refractivity contribution in [2.24, 2.45) is 0 Å². The van der Waals surface area contributed by atoms with Crippen molar-refractivity contribution in [3.8, 4) is 0 Å². The van der Waals surface area contributed by atoms with Gasteiger partial charge in [0, 0.05) is 31.1 Å². The minimum atomic E-state index is -3.15. The van der Waals surface area contributed by atoms with Gasteiger partial charge < -0.3 is 19.7 Å². The summed E-state index contributed by atoms with van der Waals surface area (Å²) in [5.41, 5.74) is 0.258. The monoisotopic (exact) mass is 486 g/mol. The van der Waals surface area contributed by atoms with Crippen LogP contribution < -0.4 is 5.32 Å². The first-order valence-electron chi connectivity index (χ1n) is 10.4. The van der Waals surface area contributed by atoms with Crippen LogP contribution in [0, 0.1) is 0 Å². The molecule has 1 aromatic carbocycles. The second kappa shape index (κ2) is 12.2. The zero-order chi connectivity index (χ0) is 23.7. The van der Waals surface area contributed by atoms with Gasteiger partial charge in [-0.1, -0.05) is 12.1 Å². The van der Waals surface area contributed by atoms with Crippen LogP contribution in [0.2, 0.25) is 0 Å². The van der Waals surface area contributed by atoms with Gasteiger partial charge in [0.2, 0.25) is 5.91 Å². The quantitative estimate of drug-likeness (QED) is 0.281. The summed E-state index contributed by atoms with van der Waals surface area (Å²) >= 11 is 1.19. The molecular formula is C21H30N2O7S2. The Hall–Kier alpha value is -2.11. The molecule has 1 aromatic rings. The molecule has 0 aromatic heterocycles. The zero-order valence-electron chi connectivity index (χ0n) is 18.5. The van der Waals surface area contributed by atoms with E-state index in [2.05, 4.69) is 5.32 Å². The second-order valence-corrected chi connectivity index (χ2v) is 10.6. The zero-order valence-corrected chi connectivity index (χ0v) is 20.2. The molecule has 0 saturated carbocycles. The van der Waals surface area contributed by atoms with E-state index in [1.165, 1.54) is 23.6 Å². The van der Waals surface area contributed by atoms with E-state index in [1.54, 1.807) is 38.3 Å². The molecule has 32 heavy (non-hydrogen) atoms. The fourth-order valence-corrected chi connectivity index (χ4v) is 5.97. The number of hydrogen-bond donors (Lipinski definition) is 1. The first-order valence-corrected chi connectivity index (χ1v) is 13.2. The molecule has 2 atom stereocenters. The number of hydrogen-bond acceptors (Lipinski definition) is 8. The number of rotatable bonds is 11. The van der Waals surface area contributed by atoms with Crippen LogP contribution >= 0.6 is 11.8 Å². The topological polar surface area (TPSA) is 119 Å². The fraction of sp³-hybridized carbons (Fsp3) is 0.571. The van der Waals surface area contributed by atoms with Crippen molar-refractivity contribution in [3.05, 3.63) is 29.8 Å². The lowest BCUT2D eigenvalue weighted by Crippen LogP contribution is -2.46. The third-order valence-corrected chi connectivity index (χ3v) is 7.82. The predicted molar refractivity (Wildman–Crippen MR) is 121 cm³/mol. The molecule has 0 aliphatic carbocycles. The lowest BCUT2D eigenvalue weighted by atomic mass is 10.2. The van der Waals surface area contributed by atoms with E-state index in [0.717, 1.165) is 0 Å². The number of sulfone groups is 1. The first-order chi connectivity index (χ1) is 15.2. The van der Waals surface area contributed by atoms with E-state index in [-0.39, 0.29) is 28.7 Å². The normalized spacial score (nSPS) is 18.0. The lowest BCUT2D eigenvalue weighted by Gasteiger charge is -2.29. The largest absolute Gasteiger partial charge is 0.449 e. The maximum absolute atomic E-state index is 12.8. The minimum Gasteiger partial charge on any atom is -0.449 e. The Labute approximate surface area is 193 Å². The van der Waals surface area contributed by atoms with E-state index in [1.807, 2.05) is 0 Å². The molecule has 0 bridgehead atoms. The van der Waals surface area contributed by atoms with E-state index in [0.29, 0.717) is 31.0 Å². The van der Waals surface area contributed by atoms with E-state index in [9.17, 15) is 22.8 Å². The van der Waals surface area contributed by atoms with E-state index >= 15 is 0 Å². The summed E-state index contributed by atoms with van der Waals surface area (Å²) < 4.78 is 33.8. The van der Waals surface area contributed by atoms with Gasteiger partial charge in [-0.05, 0) is 32.4 Å². The van der Waals surface area contributed by atoms with E-state index in [4.69, 9.17) is 9.47 Å². The van der Waals surface area contributed by atoms with Crippen molar-refractivity contribution >= 4 is 39.4 Å². The summed E-state index contributed by atoms with van der Waals surface area (Å²) in [7, 11) is -1.60. The molecule has 1 saturated heterocycles. The Morgan fingerprint density at radius 1 is 1.28 bits per heavy atom. The Morgan fingerprint density at radius 2 is 2.00 bits per heavy atom. The number of carbonyl (C=O) groups excluding carboxylic acids is 3. The molecule has 1 aliphatic rings. The van der Waals surface area contributed by atoms with Crippen LogP contribution in [-0.2, 0) is 28.9 Å². The molecule has 2 rings (SSSR count). The third kappa shape index (κ3) is 7.49. The van der Waals surface area contributed by atoms with Gasteiger partial charge in [0.25, 0.3) is 5.91 Å². The molecule has 9 nitrogen and oxygen atoms in total. The summed E-state index contributed by atoms with van der Waals surface area (Å²) in [5.74, 6) is -1.20. The van der Waals surface area contributed by atoms with Crippen LogP contribution in [0.3, 0.4) is 0 Å². The van der Waals surface area contributed by atoms with Crippen LogP contribution in [0.25, 0.3) is 0 Å². The SMILES string of the molecule is CCN(C(=O)C(C)OC(=O)c1ccccc1SCC(=O)NCCOC)C1CCS(=O)(=O)C1. The number of esters is 1. The summed E-state index contributed by atoms with van der Waals surface area (Å²) in [5, 5.41) is 2.71. The van der Waals surface area contributed by atoms with Gasteiger partial charge in [0.15, 0.2) is 15.9 Å². The van der Waals surface area contributed by atoms with Crippen molar-refractivity contribution in [1.29, 1.82) is 0 Å². The van der Waals surface area contributed by atoms with Gasteiger partial charge in [0.1, 0.15) is 0 Å². The van der Waals surface area contributed by atoms with Gasteiger partial charge in [-0.2, -0.15) is 0 Å². The number of ether oxygens (including phenoxy) is 2. The number of benzene rings is 1. The van der Waals surface area contributed by atoms with Crippen molar-refractivity contribution in [2.45, 2.75) is 37.3 Å². The lowest BCUT2D eigenvalue weighted by molar-refractivity contribution is -0.141. The molecule has 0 spiro atoms. The fourth-order valence-electron chi connectivity index (χ4n) is 3.37. The number of likely N-dealkylation sites (N-methyl/N-ethyl adjacent to an activating group) is 1. The van der Waals surface area contributed by atoms with Crippen LogP contribution in [-0.4, -0.2) is 87.3 Å². The van der Waals surface area contributed by atoms with Crippen molar-refractivity contribution in [3.63, 3.8) is 0 Å². The predicted octanol–water partition coefficient (Wildman–Crippen LogP) is 1.12. The number of carbonyl (C=O) groups is 3. The standard InChI is InChI=1S/C21H30N2O7S2/c1-4-23(16-9-12-32(27,28)14-16)20(25)15(2)30-21(26)17-7-5-6-8-18(17)31-13-19(24)22-10-11-29-3/h5-8,15-16H,4,9-14H2,1-3H3,(H,22,24). The minimum absolute atomic E-state index is 0.0548. The molecule has 0 radical (unpaired) electrons. The third-order valence-electron chi connectivity index (χ3n) is 5.00. The second-order valence-electron chi connectivity index (χ2n) is 7.36. The Balaban J connectivity index is 1.99. The highest BCUT2D eigenvalue weighted by Gasteiger charge is 2.36. The molecule has 1 fully saturated rings. The first kappa shape index (κ1) is 26.1. The average molecular weight is 487 g/mol. The van der Waals surface area contributed by atoms with Crippen LogP contribution in [0.4, 0.5) is 0 Å². The van der Waals surface area contributed by atoms with Gasteiger partial charge in [0.05, 0.1) is 29.4 Å². The molecule has 1 heterocycles. The van der Waals surface area contributed by atoms with Crippen LogP contribution in [0.5, 0.6) is 0 Å². The Kier molecular flexibility index (Phi) is 9.98. The highest BCUT2D eigenvalue weighted by atomic mass is 32.2. The van der Waals surface area contributed by atoms with Gasteiger partial charge in [-0.3, -0.25) is 9.59 Å². The number of thioether (sulfide) groups is 1. The molecule has 11 heteroatoms. The number of nitrogens with zero attached hydrogens (tertiary/aromatic N) is 1. The summed E-state index contributed by atoms with van der Waals surface area (Å²) in [6.07, 6.45) is -0.685. The summed E-state index contributed by atoms with van der Waals surface area (Å²) in [6.45, 7) is 4.38. The highest BCUT2D eigenvalue weighted by molar-refractivity contribution is 8.00. The van der Waals surface area contributed by atoms with Crippen LogP contribution in [0.1, 0.15) is 30.6 Å². The maximum atomic E-state index is 12.8. The smallest absolute Gasteiger partial charge is 0.340 e. The number of methoxy groups -OCH3 is 1. The summed E-state index contributed by atoms with van der Waals surface area (Å²) in [6, 6.07) is 6.30. The Bertz CT molecular complexity index is 920. The van der Waals surface area contributed by atoms with Gasteiger partial charge in [-0.15, -0.1) is 11.8 Å². The molecular weight excluding hydrogens is 456 g/mol. The average Bonchev–Trinajstić information content (AvgIpc) is 3.12. The highest BCUT2D eigenvalue weighted by Crippen LogP contribution is 2.24. The molecule has 1 N–H and O–H groups in total. The summed E-state index contributed by atoms with van der Waals surface area (Å²) in [4.78, 5) is 39.6. The van der Waals surface area contributed by atoms with Gasteiger partial charge >= 0.3 is 5.97 Å². The Morgan fingerprint density at radius 3 is 2.62 bits per heavy atom. The molecule has 178 valence electrons. The number of amides is 2. The maximum Gasteiger partial charge on any atom is 0.340 e. The van der Waals surface area contributed by atoms with Crippen LogP contribution in [0.15, 0.2) is 29.2 Å². The van der Waals surface area contributed by atoms with Crippen molar-refractivity contribution in [2.75, 3.05) is 44.1 Å². The van der Waals surface area contributed by atoms with E-state index < -0.39 is 33.9 Å². The number of nitrogens with one attached hydrogen (secondary N) is 1. The molecule has 2 unspecified atom stereocenters. The van der Waals surface area contributed by atoms with Crippen molar-refractivity contribution in [1.82, 2.24) is 10.2 Å². The molecule has 1 aliphatic heterocycles. The van der Waals surface area contributed by atoms with Gasteiger partial charge in [-0.25, -0.2) is 13.2 Å². The molecule has 2 amide bonds.